The first kappa shape index (κ1) is 11.5. The second-order valence-electron chi connectivity index (χ2n) is 4.06. The van der Waals surface area contributed by atoms with Crippen LogP contribution in [0.3, 0.4) is 0 Å². The number of nitrogens with zero attached hydrogens (tertiary/aromatic N) is 5. The van der Waals surface area contributed by atoms with Crippen molar-refractivity contribution >= 4 is 23.4 Å². The minimum Gasteiger partial charge on any atom is -0.341 e. The molecule has 1 aliphatic heterocycles. The summed E-state index contributed by atoms with van der Waals surface area (Å²) in [5.41, 5.74) is 0. The van der Waals surface area contributed by atoms with Gasteiger partial charge >= 0.3 is 0 Å². The van der Waals surface area contributed by atoms with Gasteiger partial charge in [-0.2, -0.15) is 16.7 Å². The van der Waals surface area contributed by atoms with E-state index >= 15 is 0 Å². The highest BCUT2D eigenvalue weighted by Gasteiger charge is 2.18. The third-order valence-electron chi connectivity index (χ3n) is 2.83. The average molecular weight is 263 g/mol. The van der Waals surface area contributed by atoms with E-state index < -0.39 is 0 Å². The first-order valence-corrected chi connectivity index (χ1v) is 7.00. The lowest BCUT2D eigenvalue weighted by Gasteiger charge is -2.25. The highest BCUT2D eigenvalue weighted by molar-refractivity contribution is 7.99. The highest BCUT2D eigenvalue weighted by Crippen LogP contribution is 2.10. The van der Waals surface area contributed by atoms with Gasteiger partial charge < -0.3 is 4.90 Å². The first-order valence-electron chi connectivity index (χ1n) is 5.85. The van der Waals surface area contributed by atoms with Crippen LogP contribution in [0.15, 0.2) is 18.5 Å². The summed E-state index contributed by atoms with van der Waals surface area (Å²) >= 11 is 1.89. The summed E-state index contributed by atoms with van der Waals surface area (Å²) in [5, 5.41) is 4.24. The van der Waals surface area contributed by atoms with Crippen LogP contribution in [-0.4, -0.2) is 55.0 Å². The van der Waals surface area contributed by atoms with E-state index in [1.807, 2.05) is 16.7 Å². The van der Waals surface area contributed by atoms with Crippen LogP contribution in [0.4, 0.5) is 0 Å². The number of fused-ring (bicyclic) bond motifs is 1. The zero-order valence-corrected chi connectivity index (χ0v) is 10.6. The van der Waals surface area contributed by atoms with Crippen molar-refractivity contribution in [3.8, 4) is 0 Å². The van der Waals surface area contributed by atoms with Gasteiger partial charge in [-0.3, -0.25) is 4.79 Å². The molecular weight excluding hydrogens is 250 g/mol. The molecule has 0 bridgehead atoms. The Morgan fingerprint density at radius 2 is 2.22 bits per heavy atom. The fourth-order valence-electron chi connectivity index (χ4n) is 1.91. The molecule has 1 fully saturated rings. The molecular formula is C11H13N5OS. The molecule has 1 saturated heterocycles. The van der Waals surface area contributed by atoms with Gasteiger partial charge in [-0.15, -0.1) is 5.10 Å². The van der Waals surface area contributed by atoms with Crippen molar-refractivity contribution in [2.45, 2.75) is 6.42 Å². The van der Waals surface area contributed by atoms with E-state index in [4.69, 9.17) is 0 Å². The van der Waals surface area contributed by atoms with Crippen molar-refractivity contribution in [2.75, 3.05) is 24.6 Å². The van der Waals surface area contributed by atoms with Crippen LogP contribution in [-0.2, 0) is 11.2 Å². The summed E-state index contributed by atoms with van der Waals surface area (Å²) in [6, 6.07) is 1.79. The lowest BCUT2D eigenvalue weighted by atomic mass is 10.3. The number of carbonyl (C=O) groups excluding carboxylic acids is 1. The number of hydrogen-bond donors (Lipinski definition) is 0. The van der Waals surface area contributed by atoms with Gasteiger partial charge in [0.05, 0.1) is 6.42 Å². The minimum atomic E-state index is 0.103. The van der Waals surface area contributed by atoms with Gasteiger partial charge in [-0.05, 0) is 6.07 Å². The lowest BCUT2D eigenvalue weighted by molar-refractivity contribution is -0.130. The van der Waals surface area contributed by atoms with Crippen molar-refractivity contribution in [3.63, 3.8) is 0 Å². The highest BCUT2D eigenvalue weighted by atomic mass is 32.2. The number of thioether (sulfide) groups is 1. The van der Waals surface area contributed by atoms with Gasteiger partial charge in [-0.25, -0.2) is 9.50 Å². The standard InChI is InChI=1S/C11H13N5OS/c17-10(15-4-6-18-7-5-15)8-9-13-11-12-2-1-3-16(11)14-9/h1-3H,4-8H2. The van der Waals surface area contributed by atoms with E-state index in [0.29, 0.717) is 11.6 Å². The maximum absolute atomic E-state index is 12.1. The summed E-state index contributed by atoms with van der Waals surface area (Å²) in [5.74, 6) is 3.22. The van der Waals surface area contributed by atoms with Crippen molar-refractivity contribution < 1.29 is 4.79 Å². The summed E-state index contributed by atoms with van der Waals surface area (Å²) < 4.78 is 1.59. The van der Waals surface area contributed by atoms with E-state index in [1.165, 1.54) is 0 Å². The van der Waals surface area contributed by atoms with Crippen molar-refractivity contribution in [2.24, 2.45) is 0 Å². The molecule has 3 heterocycles. The monoisotopic (exact) mass is 263 g/mol. The molecule has 1 amide bonds. The fraction of sp³-hybridized carbons (Fsp3) is 0.455. The molecule has 0 unspecified atom stereocenters. The van der Waals surface area contributed by atoms with Gasteiger partial charge in [-0.1, -0.05) is 0 Å². The molecule has 2 aromatic heterocycles. The number of amides is 1. The Kier molecular flexibility index (Phi) is 3.14. The van der Waals surface area contributed by atoms with Crippen LogP contribution < -0.4 is 0 Å². The van der Waals surface area contributed by atoms with Crippen LogP contribution in [0.1, 0.15) is 5.82 Å². The largest absolute Gasteiger partial charge is 0.341 e. The lowest BCUT2D eigenvalue weighted by Crippen LogP contribution is -2.38. The smallest absolute Gasteiger partial charge is 0.252 e. The van der Waals surface area contributed by atoms with Gasteiger partial charge in [0, 0.05) is 37.0 Å². The third-order valence-corrected chi connectivity index (χ3v) is 3.78. The number of carbonyl (C=O) groups is 1. The van der Waals surface area contributed by atoms with Crippen LogP contribution >= 0.6 is 11.8 Å². The number of hydrogen-bond acceptors (Lipinski definition) is 5. The summed E-state index contributed by atoms with van der Waals surface area (Å²) in [6.45, 7) is 1.66. The molecule has 3 rings (SSSR count). The maximum Gasteiger partial charge on any atom is 0.252 e. The molecule has 94 valence electrons. The topological polar surface area (TPSA) is 63.4 Å². The van der Waals surface area contributed by atoms with Crippen LogP contribution in [0, 0.1) is 0 Å². The van der Waals surface area contributed by atoms with E-state index in [2.05, 4.69) is 15.1 Å². The predicted molar refractivity (Wildman–Crippen MR) is 68.4 cm³/mol. The molecule has 0 spiro atoms. The minimum absolute atomic E-state index is 0.103. The molecule has 1 aliphatic rings. The van der Waals surface area contributed by atoms with Gasteiger partial charge in [0.15, 0.2) is 5.82 Å². The van der Waals surface area contributed by atoms with Gasteiger partial charge in [0.1, 0.15) is 0 Å². The Morgan fingerprint density at radius 3 is 3.00 bits per heavy atom. The van der Waals surface area contributed by atoms with Crippen LogP contribution in [0.25, 0.3) is 5.78 Å². The Bertz CT molecular complexity index is 530. The molecule has 6 nitrogen and oxygen atoms in total. The first-order chi connectivity index (χ1) is 8.83. The van der Waals surface area contributed by atoms with Crippen molar-refractivity contribution in [3.05, 3.63) is 24.3 Å². The molecule has 0 saturated carbocycles. The van der Waals surface area contributed by atoms with Gasteiger partial charge in [0.25, 0.3) is 5.78 Å². The van der Waals surface area contributed by atoms with E-state index in [0.717, 1.165) is 24.6 Å². The zero-order chi connectivity index (χ0) is 12.4. The third kappa shape index (κ3) is 2.31. The normalized spacial score (nSPS) is 16.1. The molecule has 0 aliphatic carbocycles. The molecule has 18 heavy (non-hydrogen) atoms. The second kappa shape index (κ2) is 4.93. The Labute approximate surface area is 108 Å². The quantitative estimate of drug-likeness (QED) is 0.777. The molecule has 0 radical (unpaired) electrons. The summed E-state index contributed by atoms with van der Waals surface area (Å²) in [6.07, 6.45) is 3.70. The van der Waals surface area contributed by atoms with E-state index in [-0.39, 0.29) is 12.3 Å². The number of rotatable bonds is 2. The molecule has 7 heteroatoms. The molecule has 2 aromatic rings. The van der Waals surface area contributed by atoms with Crippen molar-refractivity contribution in [1.82, 2.24) is 24.5 Å². The average Bonchev–Trinajstić information content (AvgIpc) is 2.82. The number of aromatic nitrogens is 4. The van der Waals surface area contributed by atoms with Crippen LogP contribution in [0.2, 0.25) is 0 Å². The van der Waals surface area contributed by atoms with Crippen molar-refractivity contribution in [1.29, 1.82) is 0 Å². The SMILES string of the molecule is O=C(Cc1nc2ncccn2n1)N1CCSCC1. The van der Waals surface area contributed by atoms with Gasteiger partial charge in [0.2, 0.25) is 5.91 Å². The maximum atomic E-state index is 12.1. The zero-order valence-electron chi connectivity index (χ0n) is 9.82. The fourth-order valence-corrected chi connectivity index (χ4v) is 2.81. The Hall–Kier alpha value is -1.63. The summed E-state index contributed by atoms with van der Waals surface area (Å²) in [7, 11) is 0. The molecule has 0 N–H and O–H groups in total. The van der Waals surface area contributed by atoms with E-state index in [1.54, 1.807) is 23.0 Å². The van der Waals surface area contributed by atoms with E-state index in [9.17, 15) is 4.79 Å². The van der Waals surface area contributed by atoms with Crippen LogP contribution in [0.5, 0.6) is 0 Å². The molecule has 0 aromatic carbocycles. The Morgan fingerprint density at radius 1 is 1.39 bits per heavy atom. The Balaban J connectivity index is 1.73. The summed E-state index contributed by atoms with van der Waals surface area (Å²) in [4.78, 5) is 22.3. The second-order valence-corrected chi connectivity index (χ2v) is 5.29. The molecule has 0 atom stereocenters. The predicted octanol–water partition coefficient (Wildman–Crippen LogP) is 0.242.